The van der Waals surface area contributed by atoms with Crippen molar-refractivity contribution >= 4 is 5.91 Å². The van der Waals surface area contributed by atoms with E-state index in [-0.39, 0.29) is 5.91 Å². The lowest BCUT2D eigenvalue weighted by atomic mass is 10.2. The zero-order valence-electron chi connectivity index (χ0n) is 9.93. The second kappa shape index (κ2) is 5.97. The topological polar surface area (TPSA) is 81.2 Å². The monoisotopic (exact) mass is 245 g/mol. The van der Waals surface area contributed by atoms with E-state index >= 15 is 0 Å². The molecule has 18 heavy (non-hydrogen) atoms. The van der Waals surface area contributed by atoms with Gasteiger partial charge in [0.1, 0.15) is 5.76 Å². The van der Waals surface area contributed by atoms with E-state index < -0.39 is 0 Å². The van der Waals surface area contributed by atoms with E-state index in [9.17, 15) is 4.79 Å². The van der Waals surface area contributed by atoms with Crippen molar-refractivity contribution < 1.29 is 9.21 Å². The number of nitrogens with zero attached hydrogens (tertiary/aromatic N) is 1. The predicted octanol–water partition coefficient (Wildman–Crippen LogP) is 1.11. The molecule has 0 aliphatic heterocycles. The van der Waals surface area contributed by atoms with Crippen molar-refractivity contribution in [2.75, 3.05) is 6.54 Å². The summed E-state index contributed by atoms with van der Waals surface area (Å²) in [6.45, 7) is 0.861. The Bertz CT molecular complexity index is 509. The summed E-state index contributed by atoms with van der Waals surface area (Å²) in [5.74, 6) is 0.728. The Kier molecular flexibility index (Phi) is 4.09. The van der Waals surface area contributed by atoms with Gasteiger partial charge in [-0.1, -0.05) is 0 Å². The molecule has 0 radical (unpaired) electrons. The summed E-state index contributed by atoms with van der Waals surface area (Å²) in [5.41, 5.74) is 6.75. The van der Waals surface area contributed by atoms with Gasteiger partial charge in [-0.2, -0.15) is 0 Å². The van der Waals surface area contributed by atoms with Crippen molar-refractivity contribution in [2.24, 2.45) is 5.73 Å². The molecule has 2 heterocycles. The van der Waals surface area contributed by atoms with Crippen molar-refractivity contribution in [3.8, 4) is 0 Å². The smallest absolute Gasteiger partial charge is 0.251 e. The van der Waals surface area contributed by atoms with Crippen molar-refractivity contribution in [3.05, 3.63) is 53.7 Å². The van der Waals surface area contributed by atoms with Gasteiger partial charge in [0.05, 0.1) is 12.0 Å². The van der Waals surface area contributed by atoms with Crippen LogP contribution < -0.4 is 11.1 Å². The molecule has 2 rings (SSSR count). The summed E-state index contributed by atoms with van der Waals surface area (Å²) in [6, 6.07) is 7.07. The summed E-state index contributed by atoms with van der Waals surface area (Å²) >= 11 is 0. The van der Waals surface area contributed by atoms with Crippen LogP contribution in [0, 0.1) is 0 Å². The summed E-state index contributed by atoms with van der Waals surface area (Å²) in [7, 11) is 0. The van der Waals surface area contributed by atoms with Crippen molar-refractivity contribution in [3.63, 3.8) is 0 Å². The lowest BCUT2D eigenvalue weighted by Crippen LogP contribution is -2.25. The van der Waals surface area contributed by atoms with Gasteiger partial charge in [-0.25, -0.2) is 0 Å². The molecule has 0 aliphatic carbocycles. The van der Waals surface area contributed by atoms with E-state index in [2.05, 4.69) is 10.3 Å². The molecule has 5 nitrogen and oxygen atoms in total. The van der Waals surface area contributed by atoms with E-state index in [4.69, 9.17) is 10.2 Å². The van der Waals surface area contributed by atoms with Crippen LogP contribution in [0.25, 0.3) is 0 Å². The van der Waals surface area contributed by atoms with Crippen LogP contribution in [0.3, 0.4) is 0 Å². The number of aromatic nitrogens is 1. The van der Waals surface area contributed by atoms with Crippen LogP contribution in [0.4, 0.5) is 0 Å². The minimum atomic E-state index is -0.126. The molecular formula is C13H15N3O2. The minimum Gasteiger partial charge on any atom is -0.469 e. The highest BCUT2D eigenvalue weighted by molar-refractivity contribution is 5.94. The first-order valence-electron chi connectivity index (χ1n) is 5.75. The molecule has 0 saturated carbocycles. The Labute approximate surface area is 105 Å². The fraction of sp³-hybridized carbons (Fsp3) is 0.231. The molecule has 94 valence electrons. The Hall–Kier alpha value is -2.14. The first-order chi connectivity index (χ1) is 8.79. The number of hydrogen-bond donors (Lipinski definition) is 2. The average molecular weight is 245 g/mol. The third kappa shape index (κ3) is 3.18. The van der Waals surface area contributed by atoms with Crippen LogP contribution in [0.15, 0.2) is 41.1 Å². The molecule has 0 aromatic carbocycles. The zero-order valence-corrected chi connectivity index (χ0v) is 9.93. The minimum absolute atomic E-state index is 0.126. The molecule has 2 aromatic rings. The maximum Gasteiger partial charge on any atom is 0.251 e. The van der Waals surface area contributed by atoms with E-state index in [1.807, 2.05) is 12.1 Å². The molecule has 1 amide bonds. The van der Waals surface area contributed by atoms with Crippen LogP contribution in [-0.4, -0.2) is 17.4 Å². The van der Waals surface area contributed by atoms with Gasteiger partial charge < -0.3 is 15.5 Å². The molecule has 0 fully saturated rings. The number of carbonyl (C=O) groups excluding carboxylic acids is 1. The van der Waals surface area contributed by atoms with Gasteiger partial charge in [0, 0.05) is 31.3 Å². The number of pyridine rings is 1. The molecule has 0 unspecified atom stereocenters. The third-order valence-corrected chi connectivity index (χ3v) is 2.52. The fourth-order valence-corrected chi connectivity index (χ4v) is 1.59. The average Bonchev–Trinajstić information content (AvgIpc) is 2.92. The summed E-state index contributed by atoms with van der Waals surface area (Å²) in [5, 5.41) is 2.82. The maximum absolute atomic E-state index is 11.8. The van der Waals surface area contributed by atoms with Gasteiger partial charge in [0.25, 0.3) is 5.91 Å². The van der Waals surface area contributed by atoms with Crippen LogP contribution in [0.1, 0.15) is 21.8 Å². The highest BCUT2D eigenvalue weighted by Crippen LogP contribution is 2.02. The zero-order chi connectivity index (χ0) is 12.8. The number of amides is 1. The second-order valence-corrected chi connectivity index (χ2v) is 3.83. The molecule has 3 N–H and O–H groups in total. The predicted molar refractivity (Wildman–Crippen MR) is 66.9 cm³/mol. The number of nitrogens with one attached hydrogen (secondary N) is 1. The maximum atomic E-state index is 11.8. The van der Waals surface area contributed by atoms with Crippen LogP contribution in [0.2, 0.25) is 0 Å². The lowest BCUT2D eigenvalue weighted by molar-refractivity contribution is 0.0953. The summed E-state index contributed by atoms with van der Waals surface area (Å²) in [6.07, 6.45) is 3.88. The third-order valence-electron chi connectivity index (χ3n) is 2.52. The molecule has 0 aliphatic rings. The molecule has 5 heteroatoms. The molecule has 0 spiro atoms. The van der Waals surface area contributed by atoms with Crippen LogP contribution in [0.5, 0.6) is 0 Å². The van der Waals surface area contributed by atoms with Crippen molar-refractivity contribution in [1.29, 1.82) is 0 Å². The van der Waals surface area contributed by atoms with E-state index in [0.29, 0.717) is 30.8 Å². The quantitative estimate of drug-likeness (QED) is 0.826. The molecule has 0 saturated heterocycles. The van der Waals surface area contributed by atoms with Gasteiger partial charge >= 0.3 is 0 Å². The summed E-state index contributed by atoms with van der Waals surface area (Å²) < 4.78 is 5.18. The Balaban J connectivity index is 1.87. The van der Waals surface area contributed by atoms with Gasteiger partial charge in [-0.3, -0.25) is 9.78 Å². The molecular weight excluding hydrogens is 230 g/mol. The van der Waals surface area contributed by atoms with Crippen LogP contribution in [-0.2, 0) is 13.0 Å². The van der Waals surface area contributed by atoms with Gasteiger partial charge in [-0.15, -0.1) is 0 Å². The lowest BCUT2D eigenvalue weighted by Gasteiger charge is -2.05. The van der Waals surface area contributed by atoms with E-state index in [1.165, 1.54) is 0 Å². The highest BCUT2D eigenvalue weighted by atomic mass is 16.3. The van der Waals surface area contributed by atoms with Gasteiger partial charge in [0.15, 0.2) is 0 Å². The van der Waals surface area contributed by atoms with Crippen molar-refractivity contribution in [2.45, 2.75) is 13.0 Å². The number of rotatable bonds is 5. The fourth-order valence-electron chi connectivity index (χ4n) is 1.59. The standard InChI is InChI=1S/C13H15N3O2/c14-9-11-8-10(3-5-15-11)13(17)16-6-4-12-2-1-7-18-12/h1-3,5,7-8H,4,6,9,14H2,(H,16,17). The molecule has 0 atom stereocenters. The van der Waals surface area contributed by atoms with Crippen molar-refractivity contribution in [1.82, 2.24) is 10.3 Å². The Morgan fingerprint density at radius 1 is 1.44 bits per heavy atom. The van der Waals surface area contributed by atoms with E-state index in [0.717, 1.165) is 5.76 Å². The summed E-state index contributed by atoms with van der Waals surface area (Å²) in [4.78, 5) is 15.9. The first kappa shape index (κ1) is 12.3. The van der Waals surface area contributed by atoms with Gasteiger partial charge in [-0.05, 0) is 24.3 Å². The van der Waals surface area contributed by atoms with Crippen LogP contribution >= 0.6 is 0 Å². The Morgan fingerprint density at radius 3 is 3.06 bits per heavy atom. The Morgan fingerprint density at radius 2 is 2.33 bits per heavy atom. The number of furan rings is 1. The second-order valence-electron chi connectivity index (χ2n) is 3.83. The number of hydrogen-bond acceptors (Lipinski definition) is 4. The van der Waals surface area contributed by atoms with Gasteiger partial charge in [0.2, 0.25) is 0 Å². The normalized spacial score (nSPS) is 10.3. The molecule has 2 aromatic heterocycles. The molecule has 0 bridgehead atoms. The number of carbonyl (C=O) groups is 1. The largest absolute Gasteiger partial charge is 0.469 e. The first-order valence-corrected chi connectivity index (χ1v) is 5.75. The van der Waals surface area contributed by atoms with E-state index in [1.54, 1.807) is 24.6 Å². The SMILES string of the molecule is NCc1cc(C(=O)NCCc2ccco2)ccn1. The highest BCUT2D eigenvalue weighted by Gasteiger charge is 2.06. The number of nitrogens with two attached hydrogens (primary N) is 1.